The summed E-state index contributed by atoms with van der Waals surface area (Å²) in [4.78, 5) is 18.4. The number of ether oxygens (including phenoxy) is 1. The molecular formula is C29H32N4O2S. The van der Waals surface area contributed by atoms with E-state index in [9.17, 15) is 4.79 Å². The fourth-order valence-corrected chi connectivity index (χ4v) is 6.23. The van der Waals surface area contributed by atoms with Gasteiger partial charge in [-0.3, -0.25) is 19.7 Å². The van der Waals surface area contributed by atoms with Gasteiger partial charge < -0.3 is 4.74 Å². The van der Waals surface area contributed by atoms with Gasteiger partial charge in [0.1, 0.15) is 0 Å². The number of H-pyrrole nitrogens is 1. The summed E-state index contributed by atoms with van der Waals surface area (Å²) < 4.78 is 5.49. The molecule has 0 bridgehead atoms. The molecule has 7 heteroatoms. The van der Waals surface area contributed by atoms with Crippen LogP contribution in [-0.4, -0.2) is 65.2 Å². The van der Waals surface area contributed by atoms with Crippen molar-refractivity contribution >= 4 is 28.0 Å². The average Bonchev–Trinajstić information content (AvgIpc) is 3.68. The molecule has 2 aliphatic heterocycles. The van der Waals surface area contributed by atoms with Gasteiger partial charge in [-0.05, 0) is 77.6 Å². The van der Waals surface area contributed by atoms with Gasteiger partial charge in [-0.2, -0.15) is 16.4 Å². The van der Waals surface area contributed by atoms with Gasteiger partial charge in [-0.25, -0.2) is 0 Å². The Morgan fingerprint density at radius 1 is 1.03 bits per heavy atom. The van der Waals surface area contributed by atoms with Crippen LogP contribution in [0.1, 0.15) is 35.6 Å². The SMILES string of the molecule is O=C(Cc1ccc2[nH]nc(-c3cccc(CN4CCOCC4)c3)c2c1)C(c1ccsc1)N1CCCC1. The van der Waals surface area contributed by atoms with E-state index in [-0.39, 0.29) is 11.8 Å². The fraction of sp³-hybridized carbons (Fsp3) is 0.379. The van der Waals surface area contributed by atoms with E-state index < -0.39 is 0 Å². The fourth-order valence-electron chi connectivity index (χ4n) is 5.55. The number of Topliss-reactive ketones (excluding diaryl/α,β-unsaturated/α-hetero) is 1. The van der Waals surface area contributed by atoms with Crippen LogP contribution in [0.4, 0.5) is 0 Å². The first-order valence-electron chi connectivity index (χ1n) is 12.9. The number of benzene rings is 2. The van der Waals surface area contributed by atoms with Gasteiger partial charge in [0.15, 0.2) is 5.78 Å². The van der Waals surface area contributed by atoms with Crippen molar-refractivity contribution in [3.8, 4) is 11.3 Å². The minimum absolute atomic E-state index is 0.143. The van der Waals surface area contributed by atoms with E-state index in [1.165, 1.54) is 18.4 Å². The molecule has 6 nitrogen and oxygen atoms in total. The smallest absolute Gasteiger partial charge is 0.158 e. The third kappa shape index (κ3) is 5.02. The summed E-state index contributed by atoms with van der Waals surface area (Å²) in [5, 5.41) is 13.1. The molecule has 4 aromatic rings. The summed E-state index contributed by atoms with van der Waals surface area (Å²) in [6.45, 7) is 6.45. The average molecular weight is 501 g/mol. The zero-order chi connectivity index (χ0) is 24.3. The molecule has 0 radical (unpaired) electrons. The van der Waals surface area contributed by atoms with Crippen molar-refractivity contribution < 1.29 is 9.53 Å². The number of aromatic nitrogens is 2. The van der Waals surface area contributed by atoms with Crippen LogP contribution in [0, 0.1) is 0 Å². The first-order chi connectivity index (χ1) is 17.7. The number of carbonyl (C=O) groups is 1. The molecule has 1 atom stereocenters. The third-order valence-corrected chi connectivity index (χ3v) is 8.09. The van der Waals surface area contributed by atoms with Crippen LogP contribution < -0.4 is 0 Å². The highest BCUT2D eigenvalue weighted by Gasteiger charge is 2.29. The van der Waals surface area contributed by atoms with E-state index in [0.717, 1.165) is 79.2 Å². The number of thiophene rings is 1. The first-order valence-corrected chi connectivity index (χ1v) is 13.8. The van der Waals surface area contributed by atoms with Crippen molar-refractivity contribution in [2.45, 2.75) is 31.8 Å². The van der Waals surface area contributed by atoms with E-state index in [0.29, 0.717) is 6.42 Å². The molecule has 2 fully saturated rings. The van der Waals surface area contributed by atoms with Gasteiger partial charge in [0, 0.05) is 37.0 Å². The van der Waals surface area contributed by atoms with Gasteiger partial charge in [-0.1, -0.05) is 24.3 Å². The van der Waals surface area contributed by atoms with Crippen molar-refractivity contribution in [3.05, 3.63) is 76.0 Å². The van der Waals surface area contributed by atoms with Crippen molar-refractivity contribution in [1.29, 1.82) is 0 Å². The van der Waals surface area contributed by atoms with Gasteiger partial charge in [-0.15, -0.1) is 0 Å². The Bertz CT molecular complexity index is 1320. The monoisotopic (exact) mass is 500 g/mol. The van der Waals surface area contributed by atoms with Crippen LogP contribution in [0.2, 0.25) is 0 Å². The van der Waals surface area contributed by atoms with Crippen molar-refractivity contribution in [3.63, 3.8) is 0 Å². The van der Waals surface area contributed by atoms with Gasteiger partial charge in [0.25, 0.3) is 0 Å². The molecule has 4 heterocycles. The molecule has 0 saturated carbocycles. The van der Waals surface area contributed by atoms with Crippen LogP contribution in [0.25, 0.3) is 22.2 Å². The topological polar surface area (TPSA) is 61.5 Å². The number of fused-ring (bicyclic) bond motifs is 1. The number of rotatable bonds is 8. The normalized spacial score (nSPS) is 18.1. The largest absolute Gasteiger partial charge is 0.379 e. The van der Waals surface area contributed by atoms with Crippen LogP contribution in [0.15, 0.2) is 59.3 Å². The second-order valence-electron chi connectivity index (χ2n) is 9.89. The molecule has 0 spiro atoms. The maximum Gasteiger partial charge on any atom is 0.158 e. The summed E-state index contributed by atoms with van der Waals surface area (Å²) >= 11 is 1.66. The van der Waals surface area contributed by atoms with Crippen LogP contribution in [0.3, 0.4) is 0 Å². The molecule has 0 amide bonds. The number of hydrogen-bond donors (Lipinski definition) is 1. The lowest BCUT2D eigenvalue weighted by Gasteiger charge is -2.26. The minimum atomic E-state index is -0.143. The molecule has 186 valence electrons. The third-order valence-electron chi connectivity index (χ3n) is 7.39. The Morgan fingerprint density at radius 3 is 2.69 bits per heavy atom. The van der Waals surface area contributed by atoms with Crippen LogP contribution >= 0.6 is 11.3 Å². The molecule has 0 aliphatic carbocycles. The maximum atomic E-state index is 13.6. The Balaban J connectivity index is 1.25. The molecule has 1 unspecified atom stereocenters. The summed E-state index contributed by atoms with van der Waals surface area (Å²) in [5.41, 5.74) is 6.49. The number of carbonyl (C=O) groups excluding carboxylic acids is 1. The quantitative estimate of drug-likeness (QED) is 0.366. The van der Waals surface area contributed by atoms with E-state index in [1.807, 2.05) is 0 Å². The molecule has 2 aromatic carbocycles. The number of morpholine rings is 1. The van der Waals surface area contributed by atoms with Crippen molar-refractivity contribution in [2.75, 3.05) is 39.4 Å². The Labute approximate surface area is 215 Å². The molecule has 1 N–H and O–H groups in total. The van der Waals surface area contributed by atoms with Crippen molar-refractivity contribution in [2.24, 2.45) is 0 Å². The number of nitrogens with one attached hydrogen (secondary N) is 1. The van der Waals surface area contributed by atoms with Crippen LogP contribution in [-0.2, 0) is 22.5 Å². The highest BCUT2D eigenvalue weighted by Crippen LogP contribution is 2.31. The zero-order valence-corrected chi connectivity index (χ0v) is 21.3. The Kier molecular flexibility index (Phi) is 6.96. The van der Waals surface area contributed by atoms with Crippen LogP contribution in [0.5, 0.6) is 0 Å². The lowest BCUT2D eigenvalue weighted by atomic mass is 9.96. The van der Waals surface area contributed by atoms with Gasteiger partial charge in [0.2, 0.25) is 0 Å². The summed E-state index contributed by atoms with van der Waals surface area (Å²) in [6.07, 6.45) is 2.76. The first kappa shape index (κ1) is 23.6. The van der Waals surface area contributed by atoms with E-state index in [1.54, 1.807) is 11.3 Å². The summed E-state index contributed by atoms with van der Waals surface area (Å²) in [7, 11) is 0. The lowest BCUT2D eigenvalue weighted by Crippen LogP contribution is -2.35. The summed E-state index contributed by atoms with van der Waals surface area (Å²) in [6, 6.07) is 16.9. The van der Waals surface area contributed by atoms with E-state index in [4.69, 9.17) is 4.74 Å². The van der Waals surface area contributed by atoms with E-state index >= 15 is 0 Å². The van der Waals surface area contributed by atoms with Gasteiger partial charge >= 0.3 is 0 Å². The Morgan fingerprint density at radius 2 is 1.89 bits per heavy atom. The van der Waals surface area contributed by atoms with E-state index in [2.05, 4.69) is 79.3 Å². The molecule has 2 saturated heterocycles. The zero-order valence-electron chi connectivity index (χ0n) is 20.5. The standard InChI is InChI=1S/C29H32N4O2S/c34-27(29(24-8-15-36-20-24)33-9-1-2-10-33)18-21-6-7-26-25(17-21)28(31-30-26)23-5-3-4-22(16-23)19-32-11-13-35-14-12-32/h3-8,15-17,20,29H,1-2,9-14,18-19H2,(H,30,31). The molecular weight excluding hydrogens is 468 g/mol. The van der Waals surface area contributed by atoms with Gasteiger partial charge in [0.05, 0.1) is 30.5 Å². The maximum absolute atomic E-state index is 13.6. The highest BCUT2D eigenvalue weighted by molar-refractivity contribution is 7.08. The second kappa shape index (κ2) is 10.6. The number of aromatic amines is 1. The number of ketones is 1. The predicted molar refractivity (Wildman–Crippen MR) is 144 cm³/mol. The molecule has 2 aliphatic rings. The predicted octanol–water partition coefficient (Wildman–Crippen LogP) is 5.07. The number of likely N-dealkylation sites (tertiary alicyclic amines) is 1. The minimum Gasteiger partial charge on any atom is -0.379 e. The Hall–Kier alpha value is -2.84. The molecule has 36 heavy (non-hydrogen) atoms. The second-order valence-corrected chi connectivity index (χ2v) is 10.7. The lowest BCUT2D eigenvalue weighted by molar-refractivity contribution is -0.123. The highest BCUT2D eigenvalue weighted by atomic mass is 32.1. The molecule has 6 rings (SSSR count). The van der Waals surface area contributed by atoms with Crippen molar-refractivity contribution in [1.82, 2.24) is 20.0 Å². The molecule has 2 aromatic heterocycles. The summed E-state index contributed by atoms with van der Waals surface area (Å²) in [5.74, 6) is 0.271. The number of nitrogens with zero attached hydrogens (tertiary/aromatic N) is 3. The number of hydrogen-bond acceptors (Lipinski definition) is 6.